The molecule has 1 aliphatic rings. The number of aliphatic imine (C=N–C) groups is 1. The molecule has 0 bridgehead atoms. The van der Waals surface area contributed by atoms with Crippen LogP contribution in [0.5, 0.6) is 0 Å². The molecule has 1 aliphatic heterocycles. The van der Waals surface area contributed by atoms with Gasteiger partial charge in [-0.3, -0.25) is 9.79 Å². The number of nitrogens with one attached hydrogen (secondary N) is 2. The first kappa shape index (κ1) is 17.7. The summed E-state index contributed by atoms with van der Waals surface area (Å²) >= 11 is 1.75. The summed E-state index contributed by atoms with van der Waals surface area (Å²) in [7, 11) is 3.52. The number of aromatic nitrogens is 1. The third-order valence-electron chi connectivity index (χ3n) is 4.23. The van der Waals surface area contributed by atoms with E-state index in [1.165, 1.54) is 4.88 Å². The Kier molecular flexibility index (Phi) is 6.83. The first-order valence-electron chi connectivity index (χ1n) is 8.26. The number of hydrogen-bond donors (Lipinski definition) is 2. The number of guanidine groups is 1. The van der Waals surface area contributed by atoms with Crippen LogP contribution in [0, 0.1) is 5.92 Å². The molecule has 2 N–H and O–H groups in total. The molecule has 23 heavy (non-hydrogen) atoms. The van der Waals surface area contributed by atoms with Crippen LogP contribution >= 0.6 is 11.3 Å². The van der Waals surface area contributed by atoms with Crippen molar-refractivity contribution in [3.63, 3.8) is 0 Å². The maximum atomic E-state index is 11.5. The number of thiazole rings is 1. The summed E-state index contributed by atoms with van der Waals surface area (Å²) in [6.45, 7) is 4.75. The Labute approximate surface area is 142 Å². The second kappa shape index (κ2) is 8.86. The molecule has 0 atom stereocenters. The fourth-order valence-corrected chi connectivity index (χ4v) is 3.60. The van der Waals surface area contributed by atoms with Gasteiger partial charge in [-0.15, -0.1) is 11.3 Å². The fraction of sp³-hybridized carbons (Fsp3) is 0.688. The molecule has 1 saturated heterocycles. The Balaban J connectivity index is 1.79. The van der Waals surface area contributed by atoms with E-state index in [0.717, 1.165) is 49.9 Å². The molecular weight excluding hydrogens is 310 g/mol. The van der Waals surface area contributed by atoms with Gasteiger partial charge in [-0.2, -0.15) is 0 Å². The number of rotatable bonds is 5. The molecule has 0 spiro atoms. The van der Waals surface area contributed by atoms with Crippen molar-refractivity contribution in [1.82, 2.24) is 20.5 Å². The van der Waals surface area contributed by atoms with Gasteiger partial charge in [0.2, 0.25) is 5.91 Å². The highest BCUT2D eigenvalue weighted by Gasteiger charge is 2.23. The standard InChI is InChI=1S/C16H27N5OS/c1-4-13-10-19-15(23-13)11-20-16(18-3)21-7-5-12(6-8-21)9-14(22)17-2/h10,12H,4-9,11H2,1-3H3,(H,17,22)(H,18,20). The van der Waals surface area contributed by atoms with Gasteiger partial charge < -0.3 is 15.5 Å². The monoisotopic (exact) mass is 337 g/mol. The Morgan fingerprint density at radius 3 is 2.78 bits per heavy atom. The van der Waals surface area contributed by atoms with E-state index in [2.05, 4.69) is 32.4 Å². The molecule has 1 fully saturated rings. The third kappa shape index (κ3) is 5.20. The maximum absolute atomic E-state index is 11.5. The van der Waals surface area contributed by atoms with E-state index >= 15 is 0 Å². The van der Waals surface area contributed by atoms with E-state index in [4.69, 9.17) is 0 Å². The molecule has 0 unspecified atom stereocenters. The van der Waals surface area contributed by atoms with Crippen LogP contribution in [0.1, 0.15) is 36.1 Å². The van der Waals surface area contributed by atoms with Crippen LogP contribution in [0.15, 0.2) is 11.2 Å². The highest BCUT2D eigenvalue weighted by Crippen LogP contribution is 2.20. The van der Waals surface area contributed by atoms with Gasteiger partial charge in [0.05, 0.1) is 6.54 Å². The molecule has 7 heteroatoms. The Hall–Kier alpha value is -1.63. The lowest BCUT2D eigenvalue weighted by atomic mass is 9.93. The van der Waals surface area contributed by atoms with Crippen molar-refractivity contribution in [3.8, 4) is 0 Å². The number of nitrogens with zero attached hydrogens (tertiary/aromatic N) is 3. The van der Waals surface area contributed by atoms with Gasteiger partial charge in [-0.25, -0.2) is 4.98 Å². The zero-order valence-electron chi connectivity index (χ0n) is 14.3. The Bertz CT molecular complexity index is 534. The number of carbonyl (C=O) groups is 1. The largest absolute Gasteiger partial charge is 0.359 e. The second-order valence-electron chi connectivity index (χ2n) is 5.78. The first-order valence-corrected chi connectivity index (χ1v) is 9.07. The van der Waals surface area contributed by atoms with Crippen LogP contribution in [0.2, 0.25) is 0 Å². The number of piperidine rings is 1. The number of aryl methyl sites for hydroxylation is 1. The zero-order valence-corrected chi connectivity index (χ0v) is 15.1. The third-order valence-corrected chi connectivity index (χ3v) is 5.37. The summed E-state index contributed by atoms with van der Waals surface area (Å²) < 4.78 is 0. The molecule has 0 saturated carbocycles. The minimum Gasteiger partial charge on any atom is -0.359 e. The van der Waals surface area contributed by atoms with Crippen molar-refractivity contribution in [2.24, 2.45) is 10.9 Å². The van der Waals surface area contributed by atoms with Crippen LogP contribution < -0.4 is 10.6 Å². The Morgan fingerprint density at radius 1 is 1.48 bits per heavy atom. The highest BCUT2D eigenvalue weighted by atomic mass is 32.1. The van der Waals surface area contributed by atoms with Gasteiger partial charge in [0.25, 0.3) is 0 Å². The van der Waals surface area contributed by atoms with E-state index in [0.29, 0.717) is 12.3 Å². The molecule has 2 heterocycles. The molecule has 0 aliphatic carbocycles. The summed E-state index contributed by atoms with van der Waals surface area (Å²) in [5.74, 6) is 1.55. The van der Waals surface area contributed by atoms with Gasteiger partial charge in [0, 0.05) is 44.7 Å². The summed E-state index contributed by atoms with van der Waals surface area (Å²) in [6, 6.07) is 0. The number of likely N-dealkylation sites (tertiary alicyclic amines) is 1. The maximum Gasteiger partial charge on any atom is 0.220 e. The zero-order chi connectivity index (χ0) is 16.7. The van der Waals surface area contributed by atoms with Gasteiger partial charge in [-0.1, -0.05) is 6.92 Å². The number of carbonyl (C=O) groups excluding carboxylic acids is 1. The second-order valence-corrected chi connectivity index (χ2v) is 6.98. The van der Waals surface area contributed by atoms with Crippen molar-refractivity contribution < 1.29 is 4.79 Å². The minimum absolute atomic E-state index is 0.140. The lowest BCUT2D eigenvalue weighted by Gasteiger charge is -2.33. The quantitative estimate of drug-likeness (QED) is 0.633. The van der Waals surface area contributed by atoms with Gasteiger partial charge >= 0.3 is 0 Å². The van der Waals surface area contributed by atoms with Crippen molar-refractivity contribution in [1.29, 1.82) is 0 Å². The van der Waals surface area contributed by atoms with Crippen LogP contribution in [-0.4, -0.2) is 48.9 Å². The average Bonchev–Trinajstić information content (AvgIpc) is 3.04. The average molecular weight is 337 g/mol. The normalized spacial score (nSPS) is 16.5. The molecular formula is C16H27N5OS. The van der Waals surface area contributed by atoms with Crippen LogP contribution in [-0.2, 0) is 17.8 Å². The smallest absolute Gasteiger partial charge is 0.220 e. The number of amides is 1. The van der Waals surface area contributed by atoms with Gasteiger partial charge in [-0.05, 0) is 25.2 Å². The summed E-state index contributed by atoms with van der Waals surface area (Å²) in [6.07, 6.45) is 5.69. The van der Waals surface area contributed by atoms with Crippen LogP contribution in [0.3, 0.4) is 0 Å². The van der Waals surface area contributed by atoms with E-state index in [-0.39, 0.29) is 5.91 Å². The molecule has 2 rings (SSSR count). The summed E-state index contributed by atoms with van der Waals surface area (Å²) in [4.78, 5) is 23.9. The molecule has 128 valence electrons. The van der Waals surface area contributed by atoms with Crippen molar-refractivity contribution >= 4 is 23.2 Å². The molecule has 1 amide bonds. The number of hydrogen-bond acceptors (Lipinski definition) is 4. The summed E-state index contributed by atoms with van der Waals surface area (Å²) in [5, 5.41) is 7.21. The van der Waals surface area contributed by atoms with E-state index < -0.39 is 0 Å². The topological polar surface area (TPSA) is 69.6 Å². The SMILES string of the molecule is CCc1cnc(CNC(=NC)N2CCC(CC(=O)NC)CC2)s1. The van der Waals surface area contributed by atoms with Gasteiger partial charge in [0.15, 0.2) is 5.96 Å². The molecule has 0 aromatic carbocycles. The fourth-order valence-electron chi connectivity index (χ4n) is 2.79. The van der Waals surface area contributed by atoms with Crippen molar-refractivity contribution in [2.45, 2.75) is 39.2 Å². The predicted octanol–water partition coefficient (Wildman–Crippen LogP) is 1.63. The molecule has 6 nitrogen and oxygen atoms in total. The Morgan fingerprint density at radius 2 is 2.22 bits per heavy atom. The van der Waals surface area contributed by atoms with Gasteiger partial charge in [0.1, 0.15) is 5.01 Å². The molecule has 1 aromatic rings. The van der Waals surface area contributed by atoms with Crippen LogP contribution in [0.4, 0.5) is 0 Å². The lowest BCUT2D eigenvalue weighted by Crippen LogP contribution is -2.45. The molecule has 1 aromatic heterocycles. The highest BCUT2D eigenvalue weighted by molar-refractivity contribution is 7.11. The lowest BCUT2D eigenvalue weighted by molar-refractivity contribution is -0.121. The van der Waals surface area contributed by atoms with Crippen LogP contribution in [0.25, 0.3) is 0 Å². The van der Waals surface area contributed by atoms with E-state index in [9.17, 15) is 4.79 Å². The van der Waals surface area contributed by atoms with E-state index in [1.807, 2.05) is 13.2 Å². The van der Waals surface area contributed by atoms with Crippen molar-refractivity contribution in [3.05, 3.63) is 16.1 Å². The minimum atomic E-state index is 0.140. The molecule has 0 radical (unpaired) electrons. The predicted molar refractivity (Wildman–Crippen MR) is 94.7 cm³/mol. The summed E-state index contributed by atoms with van der Waals surface area (Å²) in [5.41, 5.74) is 0. The first-order chi connectivity index (χ1) is 11.2. The van der Waals surface area contributed by atoms with Crippen molar-refractivity contribution in [2.75, 3.05) is 27.2 Å². The van der Waals surface area contributed by atoms with E-state index in [1.54, 1.807) is 18.4 Å².